The van der Waals surface area contributed by atoms with Crippen LogP contribution in [0.15, 0.2) is 16.6 Å². The van der Waals surface area contributed by atoms with Gasteiger partial charge in [0.05, 0.1) is 11.6 Å². The first-order valence-corrected chi connectivity index (χ1v) is 8.17. The fraction of sp³-hybridized carbons (Fsp3) is 0.533. The first kappa shape index (κ1) is 18.6. The molecule has 0 aliphatic carbocycles. The molecular weight excluding hydrogens is 350 g/mol. The Labute approximate surface area is 139 Å². The Kier molecular flexibility index (Phi) is 8.05. The molecule has 2 heterocycles. The number of rotatable bonds is 3. The Morgan fingerprint density at radius 3 is 2.73 bits per heavy atom. The van der Waals surface area contributed by atoms with Crippen molar-refractivity contribution < 1.29 is 14.3 Å². The number of pyridine rings is 1. The molecule has 1 aromatic heterocycles. The Morgan fingerprint density at radius 1 is 1.41 bits per heavy atom. The lowest BCUT2D eigenvalue weighted by Crippen LogP contribution is -2.45. The van der Waals surface area contributed by atoms with Gasteiger partial charge in [-0.05, 0) is 47.4 Å². The van der Waals surface area contributed by atoms with E-state index in [9.17, 15) is 9.59 Å². The maximum Gasteiger partial charge on any atom is 0.357 e. The number of carbonyl (C=O) groups excluding carboxylic acids is 2. The molecule has 1 unspecified atom stereocenters. The summed E-state index contributed by atoms with van der Waals surface area (Å²) in [5.74, 6) is -0.859. The van der Waals surface area contributed by atoms with Crippen molar-refractivity contribution in [3.05, 3.63) is 28.0 Å². The monoisotopic (exact) mass is 371 g/mol. The van der Waals surface area contributed by atoms with Crippen LogP contribution in [-0.2, 0) is 4.74 Å². The van der Waals surface area contributed by atoms with E-state index in [1.165, 1.54) is 7.11 Å². The first-order chi connectivity index (χ1) is 10.6. The summed E-state index contributed by atoms with van der Waals surface area (Å²) in [4.78, 5) is 27.7. The van der Waals surface area contributed by atoms with Crippen LogP contribution in [0.5, 0.6) is 0 Å². The van der Waals surface area contributed by atoms with Gasteiger partial charge < -0.3 is 15.4 Å². The molecule has 1 amide bonds. The highest BCUT2D eigenvalue weighted by Crippen LogP contribution is 2.16. The molecule has 1 aromatic rings. The normalized spacial score (nSPS) is 17.0. The minimum absolute atomic E-state index is 0.0990. The van der Waals surface area contributed by atoms with Crippen LogP contribution in [0.3, 0.4) is 0 Å². The van der Waals surface area contributed by atoms with Gasteiger partial charge in [0, 0.05) is 12.6 Å². The van der Waals surface area contributed by atoms with E-state index in [-0.39, 0.29) is 23.3 Å². The summed E-state index contributed by atoms with van der Waals surface area (Å²) in [6.07, 6.45) is 1.98. The first-order valence-electron chi connectivity index (χ1n) is 7.38. The van der Waals surface area contributed by atoms with Crippen molar-refractivity contribution in [2.45, 2.75) is 32.7 Å². The lowest BCUT2D eigenvalue weighted by Gasteiger charge is -2.23. The lowest BCUT2D eigenvalue weighted by atomic mass is 10.1. The number of carbonyl (C=O) groups is 2. The summed E-state index contributed by atoms with van der Waals surface area (Å²) in [6, 6.07) is 3.29. The van der Waals surface area contributed by atoms with E-state index >= 15 is 0 Å². The van der Waals surface area contributed by atoms with E-state index in [0.29, 0.717) is 4.47 Å². The summed E-state index contributed by atoms with van der Waals surface area (Å²) in [6.45, 7) is 5.74. The Hall–Kier alpha value is -1.47. The fourth-order valence-corrected chi connectivity index (χ4v) is 2.43. The van der Waals surface area contributed by atoms with E-state index in [0.717, 1.165) is 25.9 Å². The van der Waals surface area contributed by atoms with E-state index in [4.69, 9.17) is 0 Å². The average molecular weight is 372 g/mol. The number of methoxy groups -OCH3 is 1. The summed E-state index contributed by atoms with van der Waals surface area (Å²) in [7, 11) is 1.27. The second kappa shape index (κ2) is 9.53. The minimum Gasteiger partial charge on any atom is -0.464 e. The van der Waals surface area contributed by atoms with Crippen molar-refractivity contribution in [3.8, 4) is 0 Å². The highest BCUT2D eigenvalue weighted by molar-refractivity contribution is 9.10. The number of aromatic nitrogens is 1. The zero-order valence-corrected chi connectivity index (χ0v) is 14.7. The van der Waals surface area contributed by atoms with Gasteiger partial charge in [-0.15, -0.1) is 0 Å². The molecule has 0 radical (unpaired) electrons. The zero-order valence-electron chi connectivity index (χ0n) is 13.1. The number of nitrogens with zero attached hydrogens (tertiary/aromatic N) is 1. The summed E-state index contributed by atoms with van der Waals surface area (Å²) in [5, 5.41) is 6.13. The predicted molar refractivity (Wildman–Crippen MR) is 88.0 cm³/mol. The molecular formula is C15H22BrN3O3. The SMILES string of the molecule is CC.COC(=O)c1nc(C(=O)NC2CCCNC2)ccc1Br. The number of amides is 1. The van der Waals surface area contributed by atoms with Gasteiger partial charge in [-0.25, -0.2) is 9.78 Å². The van der Waals surface area contributed by atoms with Crippen LogP contribution in [-0.4, -0.2) is 43.1 Å². The van der Waals surface area contributed by atoms with Crippen LogP contribution in [0.25, 0.3) is 0 Å². The quantitative estimate of drug-likeness (QED) is 0.795. The summed E-state index contributed by atoms with van der Waals surface area (Å²) >= 11 is 3.21. The van der Waals surface area contributed by atoms with Crippen LogP contribution in [0.4, 0.5) is 0 Å². The van der Waals surface area contributed by atoms with Gasteiger partial charge in [0.25, 0.3) is 5.91 Å². The molecule has 1 aliphatic heterocycles. The Bertz CT molecular complexity index is 517. The topological polar surface area (TPSA) is 80.3 Å². The molecule has 1 fully saturated rings. The van der Waals surface area contributed by atoms with Gasteiger partial charge in [-0.3, -0.25) is 4.79 Å². The van der Waals surface area contributed by atoms with Gasteiger partial charge >= 0.3 is 5.97 Å². The number of nitrogens with one attached hydrogen (secondary N) is 2. The van der Waals surface area contributed by atoms with Crippen LogP contribution in [0, 0.1) is 0 Å². The molecule has 122 valence electrons. The van der Waals surface area contributed by atoms with Crippen molar-refractivity contribution in [2.24, 2.45) is 0 Å². The number of hydrogen-bond acceptors (Lipinski definition) is 5. The lowest BCUT2D eigenvalue weighted by molar-refractivity contribution is 0.0592. The molecule has 6 nitrogen and oxygen atoms in total. The highest BCUT2D eigenvalue weighted by atomic mass is 79.9. The standard InChI is InChI=1S/C13H16BrN3O3.C2H6/c1-20-13(19)11-9(14)4-5-10(17-11)12(18)16-8-3-2-6-15-7-8;1-2/h4-5,8,15H,2-3,6-7H2,1H3,(H,16,18);1-2H3. The number of esters is 1. The van der Waals surface area contributed by atoms with Gasteiger partial charge in [0.1, 0.15) is 5.69 Å². The number of ether oxygens (including phenoxy) is 1. The smallest absolute Gasteiger partial charge is 0.357 e. The van der Waals surface area contributed by atoms with Crippen LogP contribution >= 0.6 is 15.9 Å². The third-order valence-corrected chi connectivity index (χ3v) is 3.73. The molecule has 22 heavy (non-hydrogen) atoms. The summed E-state index contributed by atoms with van der Waals surface area (Å²) < 4.78 is 5.13. The molecule has 0 saturated carbocycles. The maximum absolute atomic E-state index is 12.1. The largest absolute Gasteiger partial charge is 0.464 e. The van der Waals surface area contributed by atoms with Crippen LogP contribution in [0.2, 0.25) is 0 Å². The van der Waals surface area contributed by atoms with E-state index in [2.05, 4.69) is 36.3 Å². The molecule has 1 atom stereocenters. The van der Waals surface area contributed by atoms with Crippen molar-refractivity contribution in [1.29, 1.82) is 0 Å². The van der Waals surface area contributed by atoms with Gasteiger partial charge in [0.15, 0.2) is 5.69 Å². The van der Waals surface area contributed by atoms with E-state index in [1.54, 1.807) is 12.1 Å². The van der Waals surface area contributed by atoms with Gasteiger partial charge in [0.2, 0.25) is 0 Å². The summed E-state index contributed by atoms with van der Waals surface area (Å²) in [5.41, 5.74) is 0.307. The van der Waals surface area contributed by atoms with E-state index in [1.807, 2.05) is 13.8 Å². The second-order valence-corrected chi connectivity index (χ2v) is 5.39. The van der Waals surface area contributed by atoms with Crippen molar-refractivity contribution in [3.63, 3.8) is 0 Å². The molecule has 7 heteroatoms. The molecule has 2 rings (SSSR count). The van der Waals surface area contributed by atoms with E-state index < -0.39 is 5.97 Å². The number of halogens is 1. The minimum atomic E-state index is -0.578. The second-order valence-electron chi connectivity index (χ2n) is 4.54. The molecule has 0 aromatic carbocycles. The molecule has 2 N–H and O–H groups in total. The maximum atomic E-state index is 12.1. The molecule has 1 aliphatic rings. The van der Waals surface area contributed by atoms with Crippen LogP contribution in [0.1, 0.15) is 47.7 Å². The molecule has 0 bridgehead atoms. The Morgan fingerprint density at radius 2 is 2.14 bits per heavy atom. The van der Waals surface area contributed by atoms with Crippen LogP contribution < -0.4 is 10.6 Å². The fourth-order valence-electron chi connectivity index (χ4n) is 2.04. The molecule has 1 saturated heterocycles. The van der Waals surface area contributed by atoms with Crippen molar-refractivity contribution in [1.82, 2.24) is 15.6 Å². The predicted octanol–water partition coefficient (Wildman–Crippen LogP) is 2.14. The van der Waals surface area contributed by atoms with Gasteiger partial charge in [-0.1, -0.05) is 13.8 Å². The number of hydrogen-bond donors (Lipinski definition) is 2. The highest BCUT2D eigenvalue weighted by Gasteiger charge is 2.19. The zero-order chi connectivity index (χ0) is 16.5. The number of piperidine rings is 1. The Balaban J connectivity index is 0.00000116. The van der Waals surface area contributed by atoms with Gasteiger partial charge in [-0.2, -0.15) is 0 Å². The third kappa shape index (κ3) is 5.06. The average Bonchev–Trinajstić information content (AvgIpc) is 2.57. The van der Waals surface area contributed by atoms with Crippen molar-refractivity contribution in [2.75, 3.05) is 20.2 Å². The molecule has 0 spiro atoms. The third-order valence-electron chi connectivity index (χ3n) is 3.09. The van der Waals surface area contributed by atoms with Crippen molar-refractivity contribution >= 4 is 27.8 Å².